The number of pyridine rings is 1. The van der Waals surface area contributed by atoms with Gasteiger partial charge in [-0.3, -0.25) is 4.98 Å². The van der Waals surface area contributed by atoms with Crippen LogP contribution in [-0.4, -0.2) is 25.0 Å². The van der Waals surface area contributed by atoms with Crippen LogP contribution in [0.1, 0.15) is 46.0 Å². The number of aliphatic hydroxyl groups excluding tert-OH is 1. The fourth-order valence-corrected chi connectivity index (χ4v) is 2.43. The van der Waals surface area contributed by atoms with Crippen molar-refractivity contribution in [3.8, 4) is 0 Å². The average molecular weight is 295 g/mol. The van der Waals surface area contributed by atoms with Gasteiger partial charge in [0, 0.05) is 11.1 Å². The highest BCUT2D eigenvalue weighted by Crippen LogP contribution is 2.37. The van der Waals surface area contributed by atoms with Crippen molar-refractivity contribution in [1.29, 1.82) is 0 Å². The van der Waals surface area contributed by atoms with E-state index in [4.69, 9.17) is 4.43 Å². The van der Waals surface area contributed by atoms with Crippen molar-refractivity contribution in [2.24, 2.45) is 0 Å². The van der Waals surface area contributed by atoms with Crippen molar-refractivity contribution in [3.05, 3.63) is 29.6 Å². The van der Waals surface area contributed by atoms with Gasteiger partial charge in [-0.1, -0.05) is 40.7 Å². The molecule has 1 rings (SSSR count). The van der Waals surface area contributed by atoms with Gasteiger partial charge in [0.15, 0.2) is 8.32 Å². The first-order chi connectivity index (χ1) is 8.99. The van der Waals surface area contributed by atoms with Crippen LogP contribution < -0.4 is 0 Å². The van der Waals surface area contributed by atoms with Gasteiger partial charge in [0.2, 0.25) is 0 Å². The van der Waals surface area contributed by atoms with Gasteiger partial charge in [-0.2, -0.15) is 0 Å². The Kier molecular flexibility index (Phi) is 5.16. The third kappa shape index (κ3) is 4.14. The molecule has 1 aromatic rings. The van der Waals surface area contributed by atoms with E-state index in [1.165, 1.54) is 0 Å². The molecule has 0 atom stereocenters. The van der Waals surface area contributed by atoms with Crippen LogP contribution in [-0.2, 0) is 16.4 Å². The minimum Gasteiger partial charge on any atom is -0.411 e. The van der Waals surface area contributed by atoms with Crippen LogP contribution in [0.15, 0.2) is 18.2 Å². The summed E-state index contributed by atoms with van der Waals surface area (Å²) in [6.45, 7) is 15.8. The van der Waals surface area contributed by atoms with E-state index >= 15 is 0 Å². The quantitative estimate of drug-likeness (QED) is 0.838. The number of rotatable bonds is 5. The molecule has 0 aromatic carbocycles. The lowest BCUT2D eigenvalue weighted by atomic mass is 9.90. The number of aromatic nitrogens is 1. The van der Waals surface area contributed by atoms with Crippen molar-refractivity contribution < 1.29 is 9.53 Å². The molecular weight excluding hydrogens is 266 g/mol. The van der Waals surface area contributed by atoms with E-state index in [1.54, 1.807) is 0 Å². The Labute approximate surface area is 124 Å². The average Bonchev–Trinajstić information content (AvgIpc) is 2.35. The van der Waals surface area contributed by atoms with Crippen LogP contribution in [0.2, 0.25) is 18.1 Å². The fraction of sp³-hybridized carbons (Fsp3) is 0.688. The number of aliphatic hydroxyl groups is 1. The molecular formula is C16H29NO2Si. The van der Waals surface area contributed by atoms with Crippen LogP contribution in [0, 0.1) is 0 Å². The Bertz CT molecular complexity index is 450. The van der Waals surface area contributed by atoms with Gasteiger partial charge in [0.05, 0.1) is 18.9 Å². The van der Waals surface area contributed by atoms with Crippen LogP contribution in [0.25, 0.3) is 0 Å². The topological polar surface area (TPSA) is 42.4 Å². The molecule has 114 valence electrons. The van der Waals surface area contributed by atoms with Gasteiger partial charge < -0.3 is 9.53 Å². The minimum absolute atomic E-state index is 0.0898. The Morgan fingerprint density at radius 3 is 2.25 bits per heavy atom. The smallest absolute Gasteiger partial charge is 0.192 e. The molecule has 0 aliphatic rings. The van der Waals surface area contributed by atoms with E-state index < -0.39 is 8.32 Å². The summed E-state index contributed by atoms with van der Waals surface area (Å²) >= 11 is 0. The summed E-state index contributed by atoms with van der Waals surface area (Å²) in [4.78, 5) is 4.64. The zero-order valence-electron chi connectivity index (χ0n) is 13.9. The normalized spacial score (nSPS) is 13.6. The summed E-state index contributed by atoms with van der Waals surface area (Å²) in [5.41, 5.74) is 1.54. The molecule has 3 nitrogen and oxygen atoms in total. The molecule has 0 spiro atoms. The molecule has 20 heavy (non-hydrogen) atoms. The van der Waals surface area contributed by atoms with Gasteiger partial charge >= 0.3 is 0 Å². The first kappa shape index (κ1) is 17.3. The highest BCUT2D eigenvalue weighted by molar-refractivity contribution is 6.74. The predicted octanol–water partition coefficient (Wildman–Crippen LogP) is 3.87. The summed E-state index contributed by atoms with van der Waals surface area (Å²) < 4.78 is 6.20. The lowest BCUT2D eigenvalue weighted by Gasteiger charge is -2.36. The van der Waals surface area contributed by atoms with E-state index in [-0.39, 0.29) is 17.1 Å². The second-order valence-corrected chi connectivity index (χ2v) is 12.4. The largest absolute Gasteiger partial charge is 0.411 e. The molecule has 0 radical (unpaired) electrons. The molecule has 1 heterocycles. The van der Waals surface area contributed by atoms with Gasteiger partial charge in [0.25, 0.3) is 0 Å². The van der Waals surface area contributed by atoms with Gasteiger partial charge in [-0.15, -0.1) is 0 Å². The van der Waals surface area contributed by atoms with E-state index in [0.717, 1.165) is 11.4 Å². The second kappa shape index (κ2) is 5.96. The van der Waals surface area contributed by atoms with Crippen molar-refractivity contribution in [2.75, 3.05) is 6.61 Å². The molecule has 0 saturated carbocycles. The molecule has 0 aliphatic heterocycles. The molecule has 0 saturated heterocycles. The standard InChI is InChI=1S/C16H29NO2Si/c1-15(2,3)20(6,7)19-11-13-9-8-10-14(17-13)16(4,5)12-18/h8-10,18H,11-12H2,1-7H3. The zero-order valence-corrected chi connectivity index (χ0v) is 14.9. The molecule has 0 fully saturated rings. The van der Waals surface area contributed by atoms with E-state index in [0.29, 0.717) is 6.61 Å². The minimum atomic E-state index is -1.75. The van der Waals surface area contributed by atoms with Crippen LogP contribution in [0.5, 0.6) is 0 Å². The summed E-state index contributed by atoms with van der Waals surface area (Å²) in [5, 5.41) is 9.64. The number of hydrogen-bond donors (Lipinski definition) is 1. The fourth-order valence-electron chi connectivity index (χ4n) is 1.49. The molecule has 1 N–H and O–H groups in total. The SMILES string of the molecule is CC(C)(CO)c1cccc(CO[Si](C)(C)C(C)(C)C)n1. The zero-order chi connectivity index (χ0) is 15.6. The molecule has 0 unspecified atom stereocenters. The molecule has 0 amide bonds. The van der Waals surface area contributed by atoms with E-state index in [9.17, 15) is 5.11 Å². The van der Waals surface area contributed by atoms with Crippen molar-refractivity contribution in [1.82, 2.24) is 4.98 Å². The molecule has 0 bridgehead atoms. The maximum Gasteiger partial charge on any atom is 0.192 e. The summed E-state index contributed by atoms with van der Waals surface area (Å²) in [5.74, 6) is 0. The Balaban J connectivity index is 2.83. The third-order valence-electron chi connectivity index (χ3n) is 4.28. The van der Waals surface area contributed by atoms with Gasteiger partial charge in [0.1, 0.15) is 0 Å². The first-order valence-corrected chi connectivity index (χ1v) is 10.1. The summed E-state index contributed by atoms with van der Waals surface area (Å²) in [7, 11) is -1.75. The summed E-state index contributed by atoms with van der Waals surface area (Å²) in [6.07, 6.45) is 0. The lowest BCUT2D eigenvalue weighted by Crippen LogP contribution is -2.40. The van der Waals surface area contributed by atoms with Crippen LogP contribution in [0.4, 0.5) is 0 Å². The first-order valence-electron chi connectivity index (χ1n) is 7.21. The Morgan fingerprint density at radius 2 is 1.75 bits per heavy atom. The van der Waals surface area contributed by atoms with E-state index in [2.05, 4.69) is 38.8 Å². The third-order valence-corrected chi connectivity index (χ3v) is 8.76. The highest BCUT2D eigenvalue weighted by Gasteiger charge is 2.37. The maximum absolute atomic E-state index is 9.44. The van der Waals surface area contributed by atoms with Crippen molar-refractivity contribution in [3.63, 3.8) is 0 Å². The Morgan fingerprint density at radius 1 is 1.15 bits per heavy atom. The second-order valence-electron chi connectivity index (χ2n) is 7.61. The Hall–Kier alpha value is -0.713. The number of hydrogen-bond acceptors (Lipinski definition) is 3. The number of nitrogens with zero attached hydrogens (tertiary/aromatic N) is 1. The van der Waals surface area contributed by atoms with Gasteiger partial charge in [-0.25, -0.2) is 0 Å². The van der Waals surface area contributed by atoms with Crippen LogP contribution in [0.3, 0.4) is 0 Å². The maximum atomic E-state index is 9.44. The molecule has 0 aliphatic carbocycles. The van der Waals surface area contributed by atoms with Gasteiger partial charge in [-0.05, 0) is 30.3 Å². The lowest BCUT2D eigenvalue weighted by molar-refractivity contribution is 0.214. The van der Waals surface area contributed by atoms with Crippen LogP contribution >= 0.6 is 0 Å². The monoisotopic (exact) mass is 295 g/mol. The van der Waals surface area contributed by atoms with Crippen molar-refractivity contribution >= 4 is 8.32 Å². The predicted molar refractivity (Wildman–Crippen MR) is 86.3 cm³/mol. The van der Waals surface area contributed by atoms with E-state index in [1.807, 2.05) is 32.0 Å². The highest BCUT2D eigenvalue weighted by atomic mass is 28.4. The summed E-state index contributed by atoms with van der Waals surface area (Å²) in [6, 6.07) is 5.94. The molecule has 4 heteroatoms. The molecule has 1 aromatic heterocycles. The van der Waals surface area contributed by atoms with Crippen molar-refractivity contribution in [2.45, 2.75) is 64.8 Å².